The molecule has 0 radical (unpaired) electrons. The molecule has 0 atom stereocenters. The third kappa shape index (κ3) is 7.34. The van der Waals surface area contributed by atoms with Gasteiger partial charge in [0, 0.05) is 25.9 Å². The number of anilines is 1. The predicted octanol–water partition coefficient (Wildman–Crippen LogP) is 2.04. The number of esters is 1. The van der Waals surface area contributed by atoms with Crippen LogP contribution >= 0.6 is 0 Å². The molecule has 2 aromatic rings. The zero-order chi connectivity index (χ0) is 24.4. The fourth-order valence-corrected chi connectivity index (χ4v) is 3.46. The number of sulfonamides is 1. The Morgan fingerprint density at radius 1 is 1.15 bits per heavy atom. The van der Waals surface area contributed by atoms with Gasteiger partial charge in [-0.2, -0.15) is 5.26 Å². The molecule has 0 bridgehead atoms. The van der Waals surface area contributed by atoms with Crippen LogP contribution in [0.3, 0.4) is 0 Å². The highest BCUT2D eigenvalue weighted by Gasteiger charge is 2.17. The molecule has 0 aromatic heterocycles. The molecule has 10 nitrogen and oxygen atoms in total. The van der Waals surface area contributed by atoms with Crippen molar-refractivity contribution in [1.29, 1.82) is 5.26 Å². The number of rotatable bonds is 10. The molecule has 0 saturated carbocycles. The van der Waals surface area contributed by atoms with Crippen LogP contribution in [0.25, 0.3) is 6.08 Å². The van der Waals surface area contributed by atoms with Crippen molar-refractivity contribution in [3.8, 4) is 17.6 Å². The van der Waals surface area contributed by atoms with Crippen molar-refractivity contribution < 1.29 is 32.2 Å². The summed E-state index contributed by atoms with van der Waals surface area (Å²) in [5, 5.41) is 11.1. The van der Waals surface area contributed by atoms with Gasteiger partial charge in [0.1, 0.15) is 6.07 Å². The lowest BCUT2D eigenvalue weighted by atomic mass is 10.2. The minimum Gasteiger partial charge on any atom is -0.493 e. The van der Waals surface area contributed by atoms with Crippen molar-refractivity contribution in [1.82, 2.24) is 4.31 Å². The van der Waals surface area contributed by atoms with Crippen LogP contribution in [0.15, 0.2) is 53.4 Å². The first-order chi connectivity index (χ1) is 15.7. The molecule has 0 unspecified atom stereocenters. The number of amides is 1. The summed E-state index contributed by atoms with van der Waals surface area (Å²) in [4.78, 5) is 24.0. The predicted molar refractivity (Wildman–Crippen MR) is 120 cm³/mol. The normalized spacial score (nSPS) is 11.1. The van der Waals surface area contributed by atoms with Gasteiger partial charge in [-0.15, -0.1) is 0 Å². The number of carbonyl (C=O) groups is 2. The van der Waals surface area contributed by atoms with Crippen LogP contribution in [0.1, 0.15) is 5.56 Å². The molecule has 174 valence electrons. The molecule has 0 aliphatic carbocycles. The monoisotopic (exact) mass is 473 g/mol. The van der Waals surface area contributed by atoms with Crippen LogP contribution in [0.2, 0.25) is 0 Å². The second kappa shape index (κ2) is 11.7. The zero-order valence-electron chi connectivity index (χ0n) is 18.3. The third-order valence-electron chi connectivity index (χ3n) is 4.13. The number of benzene rings is 2. The zero-order valence-corrected chi connectivity index (χ0v) is 19.1. The second-order valence-corrected chi connectivity index (χ2v) is 8.81. The van der Waals surface area contributed by atoms with E-state index in [1.807, 2.05) is 6.07 Å². The maximum atomic E-state index is 12.2. The van der Waals surface area contributed by atoms with Crippen molar-refractivity contribution in [3.05, 3.63) is 54.1 Å². The number of hydrogen-bond acceptors (Lipinski definition) is 8. The smallest absolute Gasteiger partial charge is 0.331 e. The van der Waals surface area contributed by atoms with Gasteiger partial charge < -0.3 is 19.5 Å². The van der Waals surface area contributed by atoms with E-state index < -0.39 is 28.5 Å². The molecule has 0 heterocycles. The summed E-state index contributed by atoms with van der Waals surface area (Å²) < 4.78 is 40.8. The van der Waals surface area contributed by atoms with Gasteiger partial charge in [0.2, 0.25) is 10.0 Å². The van der Waals surface area contributed by atoms with Gasteiger partial charge in [0.15, 0.2) is 24.7 Å². The van der Waals surface area contributed by atoms with E-state index in [2.05, 4.69) is 5.32 Å². The van der Waals surface area contributed by atoms with Gasteiger partial charge in [-0.05, 0) is 42.0 Å². The van der Waals surface area contributed by atoms with Gasteiger partial charge in [-0.25, -0.2) is 17.5 Å². The Balaban J connectivity index is 1.93. The molecule has 0 fully saturated rings. The molecule has 0 aliphatic rings. The minimum atomic E-state index is -3.65. The summed E-state index contributed by atoms with van der Waals surface area (Å²) >= 11 is 0. The summed E-state index contributed by atoms with van der Waals surface area (Å²) in [5.41, 5.74) is 0.858. The Bertz CT molecular complexity index is 1180. The van der Waals surface area contributed by atoms with Gasteiger partial charge in [-0.3, -0.25) is 4.79 Å². The van der Waals surface area contributed by atoms with Crippen LogP contribution in [0, 0.1) is 11.3 Å². The summed E-state index contributed by atoms with van der Waals surface area (Å²) in [7, 11) is 0.601. The van der Waals surface area contributed by atoms with Crippen LogP contribution in [-0.2, 0) is 24.3 Å². The van der Waals surface area contributed by atoms with E-state index in [0.29, 0.717) is 17.1 Å². The molecule has 1 amide bonds. The molecule has 0 spiro atoms. The highest BCUT2D eigenvalue weighted by atomic mass is 32.2. The Morgan fingerprint density at radius 2 is 1.91 bits per heavy atom. The quantitative estimate of drug-likeness (QED) is 0.409. The summed E-state index contributed by atoms with van der Waals surface area (Å²) in [6.45, 7) is -0.687. The number of hydrogen-bond donors (Lipinski definition) is 1. The first kappa shape index (κ1) is 25.4. The van der Waals surface area contributed by atoms with E-state index in [0.717, 1.165) is 10.4 Å². The molecule has 2 aromatic carbocycles. The van der Waals surface area contributed by atoms with Crippen molar-refractivity contribution in [2.24, 2.45) is 0 Å². The van der Waals surface area contributed by atoms with Gasteiger partial charge in [-0.1, -0.05) is 12.1 Å². The van der Waals surface area contributed by atoms with Crippen LogP contribution in [0.4, 0.5) is 5.69 Å². The van der Waals surface area contributed by atoms with E-state index >= 15 is 0 Å². The van der Waals surface area contributed by atoms with Crippen LogP contribution < -0.4 is 14.8 Å². The first-order valence-corrected chi connectivity index (χ1v) is 11.0. The Morgan fingerprint density at radius 3 is 2.58 bits per heavy atom. The van der Waals surface area contributed by atoms with Crippen molar-refractivity contribution in [2.45, 2.75) is 4.90 Å². The molecular formula is C22H23N3O7S. The van der Waals surface area contributed by atoms with E-state index in [1.165, 1.54) is 51.5 Å². The number of nitrogens with zero attached hydrogens (tertiary/aromatic N) is 2. The van der Waals surface area contributed by atoms with E-state index in [-0.39, 0.29) is 17.2 Å². The van der Waals surface area contributed by atoms with Crippen molar-refractivity contribution in [3.63, 3.8) is 0 Å². The molecule has 0 saturated heterocycles. The molecule has 11 heteroatoms. The SMILES string of the molecule is COc1cc(C=CC(=O)OCC(=O)Nc2cccc(S(=O)(=O)N(C)C)c2)ccc1OCC#N. The lowest BCUT2D eigenvalue weighted by molar-refractivity contribution is -0.142. The lowest BCUT2D eigenvalue weighted by Crippen LogP contribution is -2.23. The topological polar surface area (TPSA) is 135 Å². The Labute approximate surface area is 192 Å². The minimum absolute atomic E-state index is 0.0182. The van der Waals surface area contributed by atoms with E-state index in [4.69, 9.17) is 19.5 Å². The number of ether oxygens (including phenoxy) is 3. The van der Waals surface area contributed by atoms with Gasteiger partial charge in [0.05, 0.1) is 12.0 Å². The van der Waals surface area contributed by atoms with E-state index in [1.54, 1.807) is 18.2 Å². The van der Waals surface area contributed by atoms with Crippen molar-refractivity contribution >= 4 is 33.7 Å². The standard InChI is InChI=1S/C22H23N3O7S/c1-25(2)33(28,29)18-6-4-5-17(14-18)24-21(26)15-32-22(27)10-8-16-7-9-19(31-12-11-23)20(13-16)30-3/h4-10,13-14H,12,15H2,1-3H3,(H,24,26). The Kier molecular flexibility index (Phi) is 8.97. The number of carbonyl (C=O) groups excluding carboxylic acids is 2. The first-order valence-electron chi connectivity index (χ1n) is 9.52. The highest BCUT2D eigenvalue weighted by Crippen LogP contribution is 2.28. The third-order valence-corrected chi connectivity index (χ3v) is 5.94. The Hall–Kier alpha value is -3.88. The lowest BCUT2D eigenvalue weighted by Gasteiger charge is -2.12. The fourth-order valence-electron chi connectivity index (χ4n) is 2.51. The van der Waals surface area contributed by atoms with Gasteiger partial charge >= 0.3 is 5.97 Å². The summed E-state index contributed by atoms with van der Waals surface area (Å²) in [6.07, 6.45) is 2.61. The largest absolute Gasteiger partial charge is 0.493 e. The number of nitrogens with one attached hydrogen (secondary N) is 1. The average molecular weight is 474 g/mol. The van der Waals surface area contributed by atoms with Gasteiger partial charge in [0.25, 0.3) is 5.91 Å². The molecular weight excluding hydrogens is 450 g/mol. The maximum absolute atomic E-state index is 12.2. The highest BCUT2D eigenvalue weighted by molar-refractivity contribution is 7.89. The summed E-state index contributed by atoms with van der Waals surface area (Å²) in [6, 6.07) is 12.5. The fraction of sp³-hybridized carbons (Fsp3) is 0.227. The number of nitriles is 1. The average Bonchev–Trinajstić information content (AvgIpc) is 2.80. The molecule has 2 rings (SSSR count). The van der Waals surface area contributed by atoms with Crippen molar-refractivity contribution in [2.75, 3.05) is 39.7 Å². The van der Waals surface area contributed by atoms with E-state index in [9.17, 15) is 18.0 Å². The second-order valence-electron chi connectivity index (χ2n) is 6.66. The van der Waals surface area contributed by atoms with Crippen LogP contribution in [0.5, 0.6) is 11.5 Å². The summed E-state index contributed by atoms with van der Waals surface area (Å²) in [5.74, 6) is -0.605. The molecule has 0 aliphatic heterocycles. The maximum Gasteiger partial charge on any atom is 0.331 e. The molecule has 1 N–H and O–H groups in total. The number of methoxy groups -OCH3 is 1. The molecule has 33 heavy (non-hydrogen) atoms. The van der Waals surface area contributed by atoms with Crippen LogP contribution in [-0.4, -0.2) is 59.0 Å².